The lowest BCUT2D eigenvalue weighted by Gasteiger charge is -2.34. The number of nitrogens with zero attached hydrogens (tertiary/aromatic N) is 1. The number of hydrogen-bond acceptors (Lipinski definition) is 4. The second-order valence-corrected chi connectivity index (χ2v) is 4.44. The lowest BCUT2D eigenvalue weighted by Crippen LogP contribution is -2.56. The molecule has 5 heteroatoms. The fourth-order valence-corrected chi connectivity index (χ4v) is 2.22. The molecule has 1 aliphatic heterocycles. The van der Waals surface area contributed by atoms with E-state index in [1.54, 1.807) is 7.11 Å². The number of carbonyl (C=O) groups excluding carboxylic acids is 1. The maximum atomic E-state index is 11.4. The van der Waals surface area contributed by atoms with Crippen LogP contribution in [-0.4, -0.2) is 43.6 Å². The number of carbonyl (C=O) groups is 1. The number of nitrogens with one attached hydrogen (secondary N) is 1. The highest BCUT2D eigenvalue weighted by atomic mass is 16.5. The Morgan fingerprint density at radius 1 is 1.61 bits per heavy atom. The molecule has 98 valence electrons. The molecular formula is C13H19N3O2. The van der Waals surface area contributed by atoms with Crippen molar-refractivity contribution in [2.75, 3.05) is 26.7 Å². The molecule has 0 spiro atoms. The van der Waals surface area contributed by atoms with Crippen molar-refractivity contribution in [3.8, 4) is 5.75 Å². The van der Waals surface area contributed by atoms with Gasteiger partial charge in [-0.15, -0.1) is 0 Å². The van der Waals surface area contributed by atoms with E-state index in [1.165, 1.54) is 0 Å². The summed E-state index contributed by atoms with van der Waals surface area (Å²) < 4.78 is 5.20. The molecule has 1 aromatic carbocycles. The topological polar surface area (TPSA) is 67.6 Å². The molecule has 0 aromatic heterocycles. The molecule has 0 aliphatic carbocycles. The largest absolute Gasteiger partial charge is 0.497 e. The van der Waals surface area contributed by atoms with Crippen molar-refractivity contribution in [3.63, 3.8) is 0 Å². The van der Waals surface area contributed by atoms with Crippen molar-refractivity contribution >= 4 is 5.91 Å². The van der Waals surface area contributed by atoms with Crippen molar-refractivity contribution in [1.82, 2.24) is 10.2 Å². The summed E-state index contributed by atoms with van der Waals surface area (Å²) in [6, 6.07) is 7.65. The SMILES string of the molecule is COc1cccc(CN2CCNCC2C(N)=O)c1. The van der Waals surface area contributed by atoms with Crippen LogP contribution >= 0.6 is 0 Å². The highest BCUT2D eigenvalue weighted by molar-refractivity contribution is 5.80. The lowest BCUT2D eigenvalue weighted by atomic mass is 10.1. The Balaban J connectivity index is 2.08. The third-order valence-corrected chi connectivity index (χ3v) is 3.20. The highest BCUT2D eigenvalue weighted by Crippen LogP contribution is 2.16. The minimum atomic E-state index is -0.273. The molecule has 3 N–H and O–H groups in total. The number of primary amides is 1. The zero-order chi connectivity index (χ0) is 13.0. The minimum Gasteiger partial charge on any atom is -0.497 e. The van der Waals surface area contributed by atoms with Crippen molar-refractivity contribution < 1.29 is 9.53 Å². The number of hydrogen-bond donors (Lipinski definition) is 2. The van der Waals surface area contributed by atoms with E-state index in [0.29, 0.717) is 13.1 Å². The number of amides is 1. The fraction of sp³-hybridized carbons (Fsp3) is 0.462. The van der Waals surface area contributed by atoms with Gasteiger partial charge in [-0.05, 0) is 17.7 Å². The Labute approximate surface area is 107 Å². The quantitative estimate of drug-likeness (QED) is 0.785. The Morgan fingerprint density at radius 3 is 3.17 bits per heavy atom. The third-order valence-electron chi connectivity index (χ3n) is 3.20. The van der Waals surface area contributed by atoms with Crippen LogP contribution in [0, 0.1) is 0 Å². The molecule has 18 heavy (non-hydrogen) atoms. The van der Waals surface area contributed by atoms with E-state index in [2.05, 4.69) is 10.2 Å². The van der Waals surface area contributed by atoms with Gasteiger partial charge in [0.1, 0.15) is 11.8 Å². The monoisotopic (exact) mass is 249 g/mol. The van der Waals surface area contributed by atoms with Crippen molar-refractivity contribution in [3.05, 3.63) is 29.8 Å². The highest BCUT2D eigenvalue weighted by Gasteiger charge is 2.26. The van der Waals surface area contributed by atoms with Gasteiger partial charge in [0.15, 0.2) is 0 Å². The summed E-state index contributed by atoms with van der Waals surface area (Å²) in [5.74, 6) is 0.559. The minimum absolute atomic E-state index is 0.232. The van der Waals surface area contributed by atoms with Gasteiger partial charge in [0, 0.05) is 26.2 Å². The molecule has 0 bridgehead atoms. The Bertz CT molecular complexity index is 422. The van der Waals surface area contributed by atoms with E-state index in [-0.39, 0.29) is 11.9 Å². The fourth-order valence-electron chi connectivity index (χ4n) is 2.22. The van der Waals surface area contributed by atoms with E-state index < -0.39 is 0 Å². The predicted octanol–water partition coefficient (Wildman–Crippen LogP) is -0.0457. The van der Waals surface area contributed by atoms with Gasteiger partial charge in [-0.3, -0.25) is 9.69 Å². The first kappa shape index (κ1) is 12.9. The van der Waals surface area contributed by atoms with Gasteiger partial charge >= 0.3 is 0 Å². The summed E-state index contributed by atoms with van der Waals surface area (Å²) in [6.07, 6.45) is 0. The van der Waals surface area contributed by atoms with E-state index >= 15 is 0 Å². The molecule has 1 heterocycles. The van der Waals surface area contributed by atoms with Crippen LogP contribution < -0.4 is 15.8 Å². The van der Waals surface area contributed by atoms with Gasteiger partial charge in [0.05, 0.1) is 7.11 Å². The maximum Gasteiger partial charge on any atom is 0.236 e. The van der Waals surface area contributed by atoms with Crippen molar-refractivity contribution in [2.24, 2.45) is 5.73 Å². The Morgan fingerprint density at radius 2 is 2.44 bits per heavy atom. The average Bonchev–Trinajstić information content (AvgIpc) is 2.39. The van der Waals surface area contributed by atoms with E-state index in [9.17, 15) is 4.79 Å². The predicted molar refractivity (Wildman–Crippen MR) is 69.3 cm³/mol. The molecule has 1 saturated heterocycles. The molecular weight excluding hydrogens is 230 g/mol. The summed E-state index contributed by atoms with van der Waals surface area (Å²) >= 11 is 0. The number of rotatable bonds is 4. The number of ether oxygens (including phenoxy) is 1. The number of nitrogens with two attached hydrogens (primary N) is 1. The molecule has 0 radical (unpaired) electrons. The summed E-state index contributed by atoms with van der Waals surface area (Å²) in [6.45, 7) is 3.05. The van der Waals surface area contributed by atoms with E-state index in [4.69, 9.17) is 10.5 Å². The Kier molecular flexibility index (Phi) is 4.17. The maximum absolute atomic E-state index is 11.4. The zero-order valence-corrected chi connectivity index (χ0v) is 10.6. The lowest BCUT2D eigenvalue weighted by molar-refractivity contribution is -0.124. The summed E-state index contributed by atoms with van der Waals surface area (Å²) in [4.78, 5) is 13.5. The molecule has 2 rings (SSSR count). The van der Waals surface area contributed by atoms with Gasteiger partial charge in [-0.25, -0.2) is 0 Å². The van der Waals surface area contributed by atoms with Gasteiger partial charge in [0.2, 0.25) is 5.91 Å². The molecule has 1 fully saturated rings. The van der Waals surface area contributed by atoms with Crippen molar-refractivity contribution in [2.45, 2.75) is 12.6 Å². The first-order valence-electron chi connectivity index (χ1n) is 6.07. The molecule has 1 unspecified atom stereocenters. The Hall–Kier alpha value is -1.59. The summed E-state index contributed by atoms with van der Waals surface area (Å²) in [5, 5.41) is 3.19. The zero-order valence-electron chi connectivity index (χ0n) is 10.6. The molecule has 5 nitrogen and oxygen atoms in total. The standard InChI is InChI=1S/C13H19N3O2/c1-18-11-4-2-3-10(7-11)9-16-6-5-15-8-12(16)13(14)17/h2-4,7,12,15H,5-6,8-9H2,1H3,(H2,14,17). The summed E-state index contributed by atoms with van der Waals surface area (Å²) in [7, 11) is 1.65. The van der Waals surface area contributed by atoms with Crippen LogP contribution in [0.4, 0.5) is 0 Å². The first-order chi connectivity index (χ1) is 8.70. The van der Waals surface area contributed by atoms with Crippen LogP contribution in [0.15, 0.2) is 24.3 Å². The normalized spacial score (nSPS) is 20.6. The second-order valence-electron chi connectivity index (χ2n) is 4.44. The van der Waals surface area contributed by atoms with Crippen molar-refractivity contribution in [1.29, 1.82) is 0 Å². The second kappa shape index (κ2) is 5.84. The molecule has 1 atom stereocenters. The van der Waals surface area contributed by atoms with Crippen LogP contribution in [0.2, 0.25) is 0 Å². The smallest absolute Gasteiger partial charge is 0.236 e. The van der Waals surface area contributed by atoms with Gasteiger partial charge in [-0.2, -0.15) is 0 Å². The van der Waals surface area contributed by atoms with Crippen LogP contribution in [0.25, 0.3) is 0 Å². The van der Waals surface area contributed by atoms with Crippen LogP contribution in [-0.2, 0) is 11.3 Å². The molecule has 0 saturated carbocycles. The van der Waals surface area contributed by atoms with Gasteiger partial charge < -0.3 is 15.8 Å². The summed E-state index contributed by atoms with van der Waals surface area (Å²) in [5.41, 5.74) is 6.55. The molecule has 1 aromatic rings. The van der Waals surface area contributed by atoms with Crippen LogP contribution in [0.3, 0.4) is 0 Å². The third kappa shape index (κ3) is 3.00. The van der Waals surface area contributed by atoms with E-state index in [0.717, 1.165) is 24.4 Å². The van der Waals surface area contributed by atoms with Gasteiger partial charge in [0.25, 0.3) is 0 Å². The molecule has 1 amide bonds. The van der Waals surface area contributed by atoms with Crippen LogP contribution in [0.5, 0.6) is 5.75 Å². The first-order valence-corrected chi connectivity index (χ1v) is 6.07. The average molecular weight is 249 g/mol. The van der Waals surface area contributed by atoms with Crippen LogP contribution in [0.1, 0.15) is 5.56 Å². The van der Waals surface area contributed by atoms with Gasteiger partial charge in [-0.1, -0.05) is 12.1 Å². The molecule has 1 aliphatic rings. The van der Waals surface area contributed by atoms with E-state index in [1.807, 2.05) is 24.3 Å². The number of methoxy groups -OCH3 is 1. The number of benzene rings is 1. The number of piperazine rings is 1.